The number of unbranched alkanes of at least 4 members (excludes halogenated alkanes) is 10. The molecule has 83 heavy (non-hydrogen) atoms. The van der Waals surface area contributed by atoms with Crippen LogP contribution >= 0.6 is 23.8 Å². The highest BCUT2D eigenvalue weighted by Gasteiger charge is 2.45. The maximum Gasteiger partial charge on any atom is 0.294 e. The average Bonchev–Trinajstić information content (AvgIpc) is 1.97. The first-order chi connectivity index (χ1) is 39.3. The van der Waals surface area contributed by atoms with Gasteiger partial charge in [-0.3, -0.25) is 28.4 Å². The Balaban J connectivity index is 1.17. The van der Waals surface area contributed by atoms with E-state index in [-0.39, 0.29) is 47.1 Å². The number of amides is 3. The van der Waals surface area contributed by atoms with Crippen LogP contribution in [0, 0.1) is 0 Å². The first-order valence-electron chi connectivity index (χ1n) is 28.7. The Labute approximate surface area is 499 Å². The number of likely N-dealkylation sites (tertiary alicyclic amines) is 1. The number of anilines is 1. The second kappa shape index (κ2) is 30.8. The van der Waals surface area contributed by atoms with Gasteiger partial charge in [-0.25, -0.2) is 13.7 Å². The van der Waals surface area contributed by atoms with Crippen LogP contribution < -0.4 is 15.5 Å². The number of rotatable bonds is 35. The van der Waals surface area contributed by atoms with Crippen molar-refractivity contribution in [3.63, 3.8) is 0 Å². The molecule has 0 aromatic heterocycles. The van der Waals surface area contributed by atoms with Crippen LogP contribution in [0.3, 0.4) is 0 Å². The van der Waals surface area contributed by atoms with E-state index < -0.39 is 52.7 Å². The number of fused-ring (bicyclic) bond motifs is 2. The van der Waals surface area contributed by atoms with Crippen LogP contribution in [0.15, 0.2) is 93.0 Å². The van der Waals surface area contributed by atoms with E-state index in [2.05, 4.69) is 52.3 Å². The second-order valence-corrected chi connectivity index (χ2v) is 29.0. The Hall–Kier alpha value is -4.41. The minimum Gasteiger partial charge on any atom is -0.748 e. The Bertz CT molecular complexity index is 3150. The van der Waals surface area contributed by atoms with Crippen molar-refractivity contribution in [1.29, 1.82) is 0 Å². The lowest BCUT2D eigenvalue weighted by atomic mass is 9.81. The summed E-state index contributed by atoms with van der Waals surface area (Å²) in [6.07, 6.45) is 23.8. The highest BCUT2D eigenvalue weighted by Crippen LogP contribution is 2.49. The van der Waals surface area contributed by atoms with E-state index in [1.165, 1.54) is 28.8 Å². The molecule has 460 valence electrons. The topological polar surface area (TPSA) is 289 Å². The maximum absolute atomic E-state index is 12.5. The molecule has 3 amide bonds. The summed E-state index contributed by atoms with van der Waals surface area (Å²) in [5.41, 5.74) is 6.86. The summed E-state index contributed by atoms with van der Waals surface area (Å²) >= 11 is 2.25. The molecule has 3 heterocycles. The number of carbonyl (C=O) groups excluding carboxylic acids is 3. The fourth-order valence-corrected chi connectivity index (χ4v) is 14.1. The molecule has 25 heteroatoms. The molecule has 4 aliphatic rings. The molecule has 3 aliphatic heterocycles. The van der Waals surface area contributed by atoms with Crippen molar-refractivity contribution < 1.29 is 72.5 Å². The largest absolute Gasteiger partial charge is 0.748 e. The number of thioether (sulfide) groups is 1. The second-order valence-electron chi connectivity index (χ2n) is 22.7. The lowest BCUT2D eigenvalue weighted by Crippen LogP contribution is -2.32. The number of nitrogens with one attached hydrogen (secondary N) is 2. The Morgan fingerprint density at radius 3 is 2.13 bits per heavy atom. The molecule has 0 saturated carbocycles. The first kappa shape index (κ1) is 67.7. The number of hydrogen-bond donors (Lipinski definition) is 5. The van der Waals surface area contributed by atoms with Gasteiger partial charge in [0.1, 0.15) is 6.54 Å². The van der Waals surface area contributed by atoms with Crippen LogP contribution in [0.5, 0.6) is 0 Å². The van der Waals surface area contributed by atoms with Gasteiger partial charge >= 0.3 is 0 Å². The van der Waals surface area contributed by atoms with E-state index in [1.807, 2.05) is 49.3 Å². The minimum atomic E-state index is -4.53. The van der Waals surface area contributed by atoms with Crippen LogP contribution in [0.2, 0.25) is 0 Å². The lowest BCUT2D eigenvalue weighted by molar-refractivity contribution is -0.438. The van der Waals surface area contributed by atoms with Crippen molar-refractivity contribution in [2.75, 3.05) is 55.4 Å². The van der Waals surface area contributed by atoms with Gasteiger partial charge < -0.3 is 20.1 Å². The van der Waals surface area contributed by atoms with Crippen molar-refractivity contribution in [2.24, 2.45) is 0 Å². The normalized spacial score (nSPS) is 19.1. The molecular formula is C58H83N5O15S5. The SMILES string of the molecule is CSC1CC(=O)N(CCCCNC(=O)CCCCCCCCCCNC2=C(/C=C/C3=[N+](CCCCS(=O)(=O)[O-])c4ccc(SOOO)cc4C3(C)C)CCC/C2=C\C=C2\N(CCCCS(=O)(=O)O)c3ccc(S(=O)(=O)O)cc3C2(C)C)C1=O. The zero-order chi connectivity index (χ0) is 60.6. The Morgan fingerprint density at radius 1 is 0.783 bits per heavy atom. The number of imide groups is 1. The van der Waals surface area contributed by atoms with Crippen molar-refractivity contribution in [3.05, 3.63) is 94.4 Å². The monoisotopic (exact) mass is 1250 g/mol. The van der Waals surface area contributed by atoms with Gasteiger partial charge in [0.25, 0.3) is 20.2 Å². The van der Waals surface area contributed by atoms with Gasteiger partial charge in [-0.2, -0.15) is 33.2 Å². The molecule has 20 nitrogen and oxygen atoms in total. The van der Waals surface area contributed by atoms with Crippen molar-refractivity contribution in [2.45, 2.75) is 176 Å². The van der Waals surface area contributed by atoms with Crippen LogP contribution in [0.4, 0.5) is 11.4 Å². The van der Waals surface area contributed by atoms with Crippen LogP contribution in [0.25, 0.3) is 0 Å². The maximum atomic E-state index is 12.5. The summed E-state index contributed by atoms with van der Waals surface area (Å²) in [5.74, 6) is -1.09. The molecule has 0 spiro atoms. The molecule has 1 aliphatic carbocycles. The zero-order valence-electron chi connectivity index (χ0n) is 48.4. The van der Waals surface area contributed by atoms with E-state index >= 15 is 0 Å². The summed E-state index contributed by atoms with van der Waals surface area (Å²) in [5, 5.41) is 19.2. The number of carbonyl (C=O) groups is 3. The number of allylic oxidation sites excluding steroid dienone is 7. The molecule has 5 N–H and O–H groups in total. The van der Waals surface area contributed by atoms with E-state index in [4.69, 9.17) is 9.59 Å². The highest BCUT2D eigenvalue weighted by atomic mass is 32.2. The third-order valence-corrected chi connectivity index (χ3v) is 19.9. The molecule has 1 atom stereocenters. The zero-order valence-corrected chi connectivity index (χ0v) is 52.4. The molecule has 2 aromatic rings. The van der Waals surface area contributed by atoms with Crippen LogP contribution in [-0.4, -0.2) is 133 Å². The minimum absolute atomic E-state index is 0.0157. The van der Waals surface area contributed by atoms with E-state index in [0.29, 0.717) is 75.3 Å². The third kappa shape index (κ3) is 19.3. The third-order valence-electron chi connectivity index (χ3n) is 15.9. The molecule has 1 fully saturated rings. The number of benzene rings is 2. The predicted molar refractivity (Wildman–Crippen MR) is 323 cm³/mol. The summed E-state index contributed by atoms with van der Waals surface area (Å²) in [4.78, 5) is 40.8. The fraction of sp³-hybridized carbons (Fsp3) is 0.586. The molecule has 1 saturated heterocycles. The summed E-state index contributed by atoms with van der Waals surface area (Å²) in [7, 11) is -13.1. The Kier molecular flexibility index (Phi) is 25.1. The van der Waals surface area contributed by atoms with Gasteiger partial charge in [0, 0.05) is 96.3 Å². The van der Waals surface area contributed by atoms with E-state index in [0.717, 1.165) is 128 Å². The molecule has 6 rings (SSSR count). The van der Waals surface area contributed by atoms with Gasteiger partial charge in [0.05, 0.1) is 43.5 Å². The van der Waals surface area contributed by atoms with Crippen LogP contribution in [0.1, 0.15) is 161 Å². The van der Waals surface area contributed by atoms with Crippen molar-refractivity contribution in [3.8, 4) is 0 Å². The quantitative estimate of drug-likeness (QED) is 0.00816. The molecule has 1 unspecified atom stereocenters. The van der Waals surface area contributed by atoms with Gasteiger partial charge in [-0.1, -0.05) is 69.6 Å². The van der Waals surface area contributed by atoms with Gasteiger partial charge in [0.2, 0.25) is 23.4 Å². The summed E-state index contributed by atoms with van der Waals surface area (Å²) in [6.45, 7) is 10.6. The molecule has 0 bridgehead atoms. The number of nitrogens with zero attached hydrogens (tertiary/aromatic N) is 3. The van der Waals surface area contributed by atoms with Gasteiger partial charge in [-0.05, 0) is 137 Å². The van der Waals surface area contributed by atoms with Gasteiger partial charge in [0.15, 0.2) is 5.71 Å². The molecule has 2 aromatic carbocycles. The van der Waals surface area contributed by atoms with Crippen molar-refractivity contribution in [1.82, 2.24) is 15.5 Å². The molecular weight excluding hydrogens is 1170 g/mol. The van der Waals surface area contributed by atoms with Crippen LogP contribution in [-0.2, 0) is 64.9 Å². The smallest absolute Gasteiger partial charge is 0.294 e. The van der Waals surface area contributed by atoms with Gasteiger partial charge in [-0.15, -0.1) is 4.33 Å². The number of hydrogen-bond acceptors (Lipinski definition) is 17. The van der Waals surface area contributed by atoms with E-state index in [9.17, 15) is 53.3 Å². The summed E-state index contributed by atoms with van der Waals surface area (Å²) < 4.78 is 109. The first-order valence-corrected chi connectivity index (χ1v) is 35.4. The summed E-state index contributed by atoms with van der Waals surface area (Å²) in [6, 6.07) is 10.2. The average molecular weight is 1250 g/mol. The Morgan fingerprint density at radius 2 is 1.46 bits per heavy atom. The van der Waals surface area contributed by atoms with Crippen molar-refractivity contribution >= 4 is 89.0 Å². The standard InChI is InChI=1S/C58H83N5O15S5/c1-57(2)46-39-44(80-78-77-67)26-28-48(46)61(34-16-18-37-81(68,69)70)51(57)30-24-42-21-20-22-43(25-31-52-58(3,4)47-40-45(83(74,75)76)27-29-49(47)62(52)35-17-19-38-82(71,72)73)55(42)60-33-13-11-9-7-6-8-10-12-23-53(64)59-32-14-15-36-63-54(65)41-50(79-5)56(63)66/h24-31,39-40,50H,6-23,32-38,41H2,1-5H3,(H5,59,64,67,68,69,70,71,72,73,74,75,76)/b43-25+,52-31+. The highest BCUT2D eigenvalue weighted by molar-refractivity contribution is 8.00. The van der Waals surface area contributed by atoms with E-state index in [1.54, 1.807) is 6.07 Å². The predicted octanol–water partition coefficient (Wildman–Crippen LogP) is 9.82. The fourth-order valence-electron chi connectivity index (χ4n) is 11.5. The molecule has 0 radical (unpaired) electrons. The lowest BCUT2D eigenvalue weighted by Gasteiger charge is -2.28.